The highest BCUT2D eigenvalue weighted by molar-refractivity contribution is 5.75. The van der Waals surface area contributed by atoms with E-state index >= 15 is 0 Å². The van der Waals surface area contributed by atoms with Crippen LogP contribution in [0.1, 0.15) is 31.4 Å². The molecule has 4 nitrogen and oxygen atoms in total. The third-order valence-corrected chi connectivity index (χ3v) is 2.77. The summed E-state index contributed by atoms with van der Waals surface area (Å²) >= 11 is 0. The van der Waals surface area contributed by atoms with Gasteiger partial charge in [0, 0.05) is 26.1 Å². The normalized spacial score (nSPS) is 13.9. The van der Waals surface area contributed by atoms with Gasteiger partial charge in [0.25, 0.3) is 0 Å². The van der Waals surface area contributed by atoms with Crippen molar-refractivity contribution in [2.24, 2.45) is 5.73 Å². The monoisotopic (exact) mass is 250 g/mol. The van der Waals surface area contributed by atoms with E-state index in [4.69, 9.17) is 10.5 Å². The van der Waals surface area contributed by atoms with Crippen molar-refractivity contribution in [2.75, 3.05) is 13.7 Å². The van der Waals surface area contributed by atoms with Crippen molar-refractivity contribution in [1.29, 1.82) is 0 Å². The summed E-state index contributed by atoms with van der Waals surface area (Å²) in [7, 11) is 1.64. The Morgan fingerprint density at radius 1 is 1.39 bits per heavy atom. The molecular weight excluding hydrogens is 228 g/mol. The van der Waals surface area contributed by atoms with Gasteiger partial charge in [0.1, 0.15) is 0 Å². The van der Waals surface area contributed by atoms with Gasteiger partial charge in [0.2, 0.25) is 5.91 Å². The summed E-state index contributed by atoms with van der Waals surface area (Å²) in [6.07, 6.45) is 1.06. The number of benzene rings is 1. The van der Waals surface area contributed by atoms with E-state index in [9.17, 15) is 4.79 Å². The molecule has 0 aliphatic carbocycles. The van der Waals surface area contributed by atoms with E-state index in [1.54, 1.807) is 7.11 Å². The maximum absolute atomic E-state index is 11.6. The summed E-state index contributed by atoms with van der Waals surface area (Å²) in [5, 5.41) is 2.87. The van der Waals surface area contributed by atoms with E-state index in [-0.39, 0.29) is 18.1 Å². The minimum absolute atomic E-state index is 0.0188. The van der Waals surface area contributed by atoms with E-state index < -0.39 is 0 Å². The lowest BCUT2D eigenvalue weighted by Crippen LogP contribution is -2.30. The lowest BCUT2D eigenvalue weighted by Gasteiger charge is -2.16. The molecular formula is C14H22N2O2. The lowest BCUT2D eigenvalue weighted by molar-refractivity contribution is -0.121. The second-order valence-corrected chi connectivity index (χ2v) is 4.46. The summed E-state index contributed by atoms with van der Waals surface area (Å²) in [5.74, 6) is 0.0188. The Morgan fingerprint density at radius 3 is 2.61 bits per heavy atom. The van der Waals surface area contributed by atoms with Crippen LogP contribution in [0.3, 0.4) is 0 Å². The first-order valence-corrected chi connectivity index (χ1v) is 6.23. The topological polar surface area (TPSA) is 64.3 Å². The zero-order chi connectivity index (χ0) is 13.4. The molecule has 0 aliphatic rings. The highest BCUT2D eigenvalue weighted by Gasteiger charge is 2.11. The molecule has 0 heterocycles. The minimum Gasteiger partial charge on any atom is -0.375 e. The molecule has 0 saturated carbocycles. The number of hydrogen-bond donors (Lipinski definition) is 2. The average molecular weight is 250 g/mol. The number of carbonyl (C=O) groups excluding carboxylic acids is 1. The van der Waals surface area contributed by atoms with E-state index in [2.05, 4.69) is 5.32 Å². The van der Waals surface area contributed by atoms with E-state index in [1.807, 2.05) is 37.3 Å². The molecule has 0 bridgehead atoms. The van der Waals surface area contributed by atoms with E-state index in [1.165, 1.54) is 0 Å². The highest BCUT2D eigenvalue weighted by Crippen LogP contribution is 2.14. The standard InChI is InChI=1S/C14H22N2O2/c1-11(15)8-9-14(17)16-10-13(18-2)12-6-4-3-5-7-12/h3-7,11,13H,8-10,15H2,1-2H3,(H,16,17). The third-order valence-electron chi connectivity index (χ3n) is 2.77. The van der Waals surface area contributed by atoms with Gasteiger partial charge in [-0.05, 0) is 18.9 Å². The molecule has 18 heavy (non-hydrogen) atoms. The summed E-state index contributed by atoms with van der Waals surface area (Å²) < 4.78 is 5.37. The Hall–Kier alpha value is -1.39. The molecule has 0 saturated heterocycles. The van der Waals surface area contributed by atoms with Crippen molar-refractivity contribution in [3.05, 3.63) is 35.9 Å². The van der Waals surface area contributed by atoms with Crippen LogP contribution in [0.4, 0.5) is 0 Å². The Labute approximate surface area is 109 Å². The Kier molecular flexibility index (Phi) is 6.39. The van der Waals surface area contributed by atoms with Gasteiger partial charge in [-0.1, -0.05) is 30.3 Å². The first-order valence-electron chi connectivity index (χ1n) is 6.23. The van der Waals surface area contributed by atoms with Gasteiger partial charge in [-0.2, -0.15) is 0 Å². The van der Waals surface area contributed by atoms with Crippen molar-refractivity contribution < 1.29 is 9.53 Å². The average Bonchev–Trinajstić information content (AvgIpc) is 2.38. The maximum atomic E-state index is 11.6. The molecule has 2 atom stereocenters. The molecule has 0 aromatic heterocycles. The van der Waals surface area contributed by atoms with Crippen LogP contribution in [0.25, 0.3) is 0 Å². The second-order valence-electron chi connectivity index (χ2n) is 4.46. The van der Waals surface area contributed by atoms with Crippen LogP contribution in [0.15, 0.2) is 30.3 Å². The van der Waals surface area contributed by atoms with E-state index in [0.29, 0.717) is 19.4 Å². The second kappa shape index (κ2) is 7.84. The van der Waals surface area contributed by atoms with Gasteiger partial charge in [-0.3, -0.25) is 4.79 Å². The number of amides is 1. The molecule has 100 valence electrons. The SMILES string of the molecule is COC(CNC(=O)CCC(C)N)c1ccccc1. The summed E-state index contributed by atoms with van der Waals surface area (Å²) in [6, 6.07) is 9.91. The molecule has 1 aromatic rings. The van der Waals surface area contributed by atoms with Crippen LogP contribution in [0.2, 0.25) is 0 Å². The molecule has 1 rings (SSSR count). The molecule has 1 aromatic carbocycles. The van der Waals surface area contributed by atoms with Crippen molar-refractivity contribution in [2.45, 2.75) is 31.9 Å². The fourth-order valence-corrected chi connectivity index (χ4v) is 1.66. The number of carbonyl (C=O) groups is 1. The number of rotatable bonds is 7. The fraction of sp³-hybridized carbons (Fsp3) is 0.500. The molecule has 0 aliphatic heterocycles. The van der Waals surface area contributed by atoms with Gasteiger partial charge >= 0.3 is 0 Å². The number of nitrogens with one attached hydrogen (secondary N) is 1. The van der Waals surface area contributed by atoms with E-state index in [0.717, 1.165) is 5.56 Å². The largest absolute Gasteiger partial charge is 0.375 e. The predicted octanol–water partition coefficient (Wildman–Crippen LogP) is 1.62. The van der Waals surface area contributed by atoms with Crippen molar-refractivity contribution in [3.63, 3.8) is 0 Å². The molecule has 4 heteroatoms. The number of methoxy groups -OCH3 is 1. The van der Waals surface area contributed by atoms with Gasteiger partial charge in [0.05, 0.1) is 6.10 Å². The van der Waals surface area contributed by atoms with Crippen LogP contribution < -0.4 is 11.1 Å². The molecule has 0 radical (unpaired) electrons. The van der Waals surface area contributed by atoms with Gasteiger partial charge in [-0.15, -0.1) is 0 Å². The quantitative estimate of drug-likeness (QED) is 0.773. The van der Waals surface area contributed by atoms with Crippen LogP contribution in [-0.2, 0) is 9.53 Å². The summed E-state index contributed by atoms with van der Waals surface area (Å²) in [5.41, 5.74) is 6.67. The van der Waals surface area contributed by atoms with Gasteiger partial charge in [-0.25, -0.2) is 0 Å². The first kappa shape index (κ1) is 14.7. The van der Waals surface area contributed by atoms with Crippen LogP contribution >= 0.6 is 0 Å². The smallest absolute Gasteiger partial charge is 0.220 e. The van der Waals surface area contributed by atoms with Crippen molar-refractivity contribution in [3.8, 4) is 0 Å². The predicted molar refractivity (Wildman–Crippen MR) is 72.1 cm³/mol. The number of ether oxygens (including phenoxy) is 1. The zero-order valence-corrected chi connectivity index (χ0v) is 11.1. The van der Waals surface area contributed by atoms with Crippen molar-refractivity contribution in [1.82, 2.24) is 5.32 Å². The van der Waals surface area contributed by atoms with Crippen LogP contribution in [0, 0.1) is 0 Å². The Morgan fingerprint density at radius 2 is 2.06 bits per heavy atom. The Balaban J connectivity index is 2.38. The lowest BCUT2D eigenvalue weighted by atomic mass is 10.1. The van der Waals surface area contributed by atoms with Crippen LogP contribution in [0.5, 0.6) is 0 Å². The third kappa shape index (κ3) is 5.29. The summed E-state index contributed by atoms with van der Waals surface area (Å²) in [4.78, 5) is 11.6. The zero-order valence-electron chi connectivity index (χ0n) is 11.1. The maximum Gasteiger partial charge on any atom is 0.220 e. The minimum atomic E-state index is -0.106. The van der Waals surface area contributed by atoms with Crippen LogP contribution in [-0.4, -0.2) is 25.6 Å². The molecule has 0 spiro atoms. The molecule has 2 unspecified atom stereocenters. The van der Waals surface area contributed by atoms with Gasteiger partial charge in [0.15, 0.2) is 0 Å². The first-order chi connectivity index (χ1) is 8.63. The number of nitrogens with two attached hydrogens (primary N) is 1. The fourth-order valence-electron chi connectivity index (χ4n) is 1.66. The Bertz CT molecular complexity index is 352. The molecule has 1 amide bonds. The summed E-state index contributed by atoms with van der Waals surface area (Å²) in [6.45, 7) is 2.38. The van der Waals surface area contributed by atoms with Crippen molar-refractivity contribution >= 4 is 5.91 Å². The molecule has 0 fully saturated rings. The molecule has 3 N–H and O–H groups in total. The van der Waals surface area contributed by atoms with Gasteiger partial charge < -0.3 is 15.8 Å². The highest BCUT2D eigenvalue weighted by atomic mass is 16.5. The number of hydrogen-bond acceptors (Lipinski definition) is 3.